The Morgan fingerprint density at radius 2 is 2.15 bits per heavy atom. The maximum absolute atomic E-state index is 12.6. The first-order chi connectivity index (χ1) is 9.58. The number of ketones is 1. The molecular weight excluding hydrogens is 318 g/mol. The summed E-state index contributed by atoms with van der Waals surface area (Å²) in [5.41, 5.74) is 7.85. The van der Waals surface area contributed by atoms with Gasteiger partial charge in [-0.15, -0.1) is 0 Å². The van der Waals surface area contributed by atoms with Crippen LogP contribution in [0.4, 0.5) is 0 Å². The monoisotopic (exact) mass is 341 g/mol. The van der Waals surface area contributed by atoms with E-state index in [9.17, 15) is 4.79 Å². The molecule has 2 atom stereocenters. The molecule has 2 N–H and O–H groups in total. The number of aryl methyl sites for hydroxylation is 2. The number of rotatable bonds is 5. The maximum Gasteiger partial charge on any atom is 0.142 e. The van der Waals surface area contributed by atoms with Gasteiger partial charge in [-0.3, -0.25) is 9.48 Å². The van der Waals surface area contributed by atoms with Gasteiger partial charge in [0.2, 0.25) is 0 Å². The summed E-state index contributed by atoms with van der Waals surface area (Å²) >= 11 is 3.59. The third kappa shape index (κ3) is 3.14. The van der Waals surface area contributed by atoms with Crippen LogP contribution >= 0.6 is 15.9 Å². The number of halogens is 1. The highest BCUT2D eigenvalue weighted by Crippen LogP contribution is 2.32. The van der Waals surface area contributed by atoms with Crippen LogP contribution in [0.3, 0.4) is 0 Å². The van der Waals surface area contributed by atoms with E-state index < -0.39 is 0 Å². The summed E-state index contributed by atoms with van der Waals surface area (Å²) in [5, 5.41) is 4.46. The largest absolute Gasteiger partial charge is 0.330 e. The lowest BCUT2D eigenvalue weighted by molar-refractivity contribution is -0.124. The second kappa shape index (κ2) is 6.85. The molecular formula is C15H24BrN3O. The molecule has 2 unspecified atom stereocenters. The van der Waals surface area contributed by atoms with Gasteiger partial charge in [0, 0.05) is 19.4 Å². The number of aromatic nitrogens is 2. The summed E-state index contributed by atoms with van der Waals surface area (Å²) in [5.74, 6) is 0.834. The zero-order chi connectivity index (χ0) is 14.7. The molecule has 0 aromatic carbocycles. The zero-order valence-corrected chi connectivity index (χ0v) is 13.9. The van der Waals surface area contributed by atoms with Gasteiger partial charge in [-0.1, -0.05) is 19.8 Å². The fraction of sp³-hybridized carbons (Fsp3) is 0.733. The standard InChI is InChI=1S/C15H24BrN3O/c1-3-12-15(16)13(19(2)18-12)8-14(20)11-7-5-4-6-10(11)9-17/h10-11H,3-9,17H2,1-2H3. The minimum absolute atomic E-state index is 0.139. The van der Waals surface area contributed by atoms with Crippen molar-refractivity contribution in [3.8, 4) is 0 Å². The quantitative estimate of drug-likeness (QED) is 0.895. The van der Waals surface area contributed by atoms with E-state index in [0.717, 1.165) is 41.5 Å². The van der Waals surface area contributed by atoms with Crippen molar-refractivity contribution in [2.75, 3.05) is 6.54 Å². The highest BCUT2D eigenvalue weighted by molar-refractivity contribution is 9.10. The van der Waals surface area contributed by atoms with E-state index in [-0.39, 0.29) is 5.92 Å². The van der Waals surface area contributed by atoms with Gasteiger partial charge in [0.05, 0.1) is 15.9 Å². The fourth-order valence-corrected chi connectivity index (χ4v) is 3.98. The topological polar surface area (TPSA) is 60.9 Å². The highest BCUT2D eigenvalue weighted by atomic mass is 79.9. The Hall–Kier alpha value is -0.680. The number of carbonyl (C=O) groups is 1. The Labute approximate surface area is 129 Å². The SMILES string of the molecule is CCc1nn(C)c(CC(=O)C2CCCCC2CN)c1Br. The molecule has 1 saturated carbocycles. The normalized spacial score (nSPS) is 23.0. The van der Waals surface area contributed by atoms with Crippen LogP contribution in [0.1, 0.15) is 44.0 Å². The highest BCUT2D eigenvalue weighted by Gasteiger charge is 2.30. The molecule has 1 fully saturated rings. The predicted molar refractivity (Wildman–Crippen MR) is 83.5 cm³/mol. The molecule has 0 radical (unpaired) electrons. The number of Topliss-reactive ketones (excluding diaryl/α,β-unsaturated/α-hetero) is 1. The van der Waals surface area contributed by atoms with Crippen molar-refractivity contribution in [2.45, 2.75) is 45.4 Å². The molecule has 1 aromatic rings. The molecule has 0 aliphatic heterocycles. The molecule has 4 nitrogen and oxygen atoms in total. The van der Waals surface area contributed by atoms with Crippen LogP contribution in [-0.2, 0) is 24.7 Å². The molecule has 0 bridgehead atoms. The lowest BCUT2D eigenvalue weighted by atomic mass is 9.76. The number of hydrogen-bond donors (Lipinski definition) is 1. The van der Waals surface area contributed by atoms with Crippen LogP contribution in [0.5, 0.6) is 0 Å². The van der Waals surface area contributed by atoms with E-state index in [1.54, 1.807) is 0 Å². The third-order valence-electron chi connectivity index (χ3n) is 4.47. The first-order valence-corrected chi connectivity index (χ1v) is 8.30. The van der Waals surface area contributed by atoms with Crippen LogP contribution in [0.2, 0.25) is 0 Å². The number of carbonyl (C=O) groups excluding carboxylic acids is 1. The summed E-state index contributed by atoms with van der Waals surface area (Å²) in [6.07, 6.45) is 5.79. The van der Waals surface area contributed by atoms with Gasteiger partial charge in [-0.2, -0.15) is 5.10 Å². The molecule has 112 valence electrons. The molecule has 20 heavy (non-hydrogen) atoms. The van der Waals surface area contributed by atoms with Gasteiger partial charge >= 0.3 is 0 Å². The van der Waals surface area contributed by atoms with Gasteiger partial charge in [0.1, 0.15) is 5.78 Å². The zero-order valence-electron chi connectivity index (χ0n) is 12.4. The molecule has 0 saturated heterocycles. The molecule has 2 rings (SSSR count). The maximum atomic E-state index is 12.6. The Kier molecular flexibility index (Phi) is 5.38. The van der Waals surface area contributed by atoms with Gasteiger partial charge in [-0.05, 0) is 47.7 Å². The van der Waals surface area contributed by atoms with Crippen LogP contribution < -0.4 is 5.73 Å². The second-order valence-corrected chi connectivity index (χ2v) is 6.51. The van der Waals surface area contributed by atoms with Crippen molar-refractivity contribution in [1.29, 1.82) is 0 Å². The average molecular weight is 342 g/mol. The number of nitrogens with zero attached hydrogens (tertiary/aromatic N) is 2. The van der Waals surface area contributed by atoms with E-state index in [1.807, 2.05) is 11.7 Å². The third-order valence-corrected chi connectivity index (χ3v) is 5.39. The Morgan fingerprint density at radius 3 is 2.75 bits per heavy atom. The molecule has 1 aromatic heterocycles. The van der Waals surface area contributed by atoms with E-state index in [0.29, 0.717) is 24.7 Å². The van der Waals surface area contributed by atoms with Crippen molar-refractivity contribution < 1.29 is 4.79 Å². The van der Waals surface area contributed by atoms with Crippen LogP contribution in [0, 0.1) is 11.8 Å². The Morgan fingerprint density at radius 1 is 1.45 bits per heavy atom. The minimum atomic E-state index is 0.139. The first-order valence-electron chi connectivity index (χ1n) is 7.51. The lowest BCUT2D eigenvalue weighted by Gasteiger charge is -2.29. The molecule has 1 heterocycles. The number of hydrogen-bond acceptors (Lipinski definition) is 3. The van der Waals surface area contributed by atoms with Crippen molar-refractivity contribution in [1.82, 2.24) is 9.78 Å². The first kappa shape index (κ1) is 15.7. The van der Waals surface area contributed by atoms with Crippen LogP contribution in [0.15, 0.2) is 4.47 Å². The summed E-state index contributed by atoms with van der Waals surface area (Å²) in [7, 11) is 1.91. The molecule has 5 heteroatoms. The molecule has 1 aliphatic rings. The average Bonchev–Trinajstić information content (AvgIpc) is 2.74. The molecule has 0 spiro atoms. The van der Waals surface area contributed by atoms with Gasteiger partial charge < -0.3 is 5.73 Å². The molecule has 1 aliphatic carbocycles. The fourth-order valence-electron chi connectivity index (χ4n) is 3.22. The Bertz CT molecular complexity index is 484. The van der Waals surface area contributed by atoms with Crippen molar-refractivity contribution in [3.05, 3.63) is 15.9 Å². The van der Waals surface area contributed by atoms with E-state index in [1.165, 1.54) is 6.42 Å². The summed E-state index contributed by atoms with van der Waals surface area (Å²) < 4.78 is 2.83. The van der Waals surface area contributed by atoms with E-state index in [2.05, 4.69) is 28.0 Å². The minimum Gasteiger partial charge on any atom is -0.330 e. The second-order valence-electron chi connectivity index (χ2n) is 5.71. The van der Waals surface area contributed by atoms with E-state index in [4.69, 9.17) is 5.73 Å². The van der Waals surface area contributed by atoms with Gasteiger partial charge in [-0.25, -0.2) is 0 Å². The van der Waals surface area contributed by atoms with Crippen molar-refractivity contribution in [2.24, 2.45) is 24.6 Å². The summed E-state index contributed by atoms with van der Waals surface area (Å²) in [4.78, 5) is 12.6. The van der Waals surface area contributed by atoms with Crippen molar-refractivity contribution in [3.63, 3.8) is 0 Å². The van der Waals surface area contributed by atoms with Crippen molar-refractivity contribution >= 4 is 21.7 Å². The number of nitrogens with two attached hydrogens (primary N) is 1. The molecule has 0 amide bonds. The van der Waals surface area contributed by atoms with Gasteiger partial charge in [0.25, 0.3) is 0 Å². The van der Waals surface area contributed by atoms with Crippen LogP contribution in [-0.4, -0.2) is 22.1 Å². The lowest BCUT2D eigenvalue weighted by Crippen LogP contribution is -2.33. The Balaban J connectivity index is 2.13. The van der Waals surface area contributed by atoms with Gasteiger partial charge in [0.15, 0.2) is 0 Å². The van der Waals surface area contributed by atoms with E-state index >= 15 is 0 Å². The smallest absolute Gasteiger partial charge is 0.142 e. The summed E-state index contributed by atoms with van der Waals surface area (Å²) in [6.45, 7) is 2.70. The van der Waals surface area contributed by atoms with Crippen LogP contribution in [0.25, 0.3) is 0 Å². The predicted octanol–water partition coefficient (Wildman–Crippen LogP) is 2.62. The summed E-state index contributed by atoms with van der Waals surface area (Å²) in [6, 6.07) is 0.